The van der Waals surface area contributed by atoms with E-state index in [2.05, 4.69) is 36.5 Å². The highest BCUT2D eigenvalue weighted by Gasteiger charge is 2.54. The number of ether oxygens (including phenoxy) is 2. The number of rotatable bonds is 13. The molecule has 5 rings (SSSR count). The quantitative estimate of drug-likeness (QED) is 0.0384. The van der Waals surface area contributed by atoms with E-state index in [1.165, 1.54) is 52.4 Å². The van der Waals surface area contributed by atoms with Crippen LogP contribution in [0.15, 0.2) is 49.9 Å². The minimum absolute atomic E-state index is 0.0310. The molecule has 2 aromatic heterocycles. The third-order valence-electron chi connectivity index (χ3n) is 6.61. The number of amides is 4. The number of thioether (sulfide) groups is 2. The molecule has 4 heterocycles. The highest BCUT2D eigenvalue weighted by molar-refractivity contribution is 8.01. The molecule has 0 aliphatic carbocycles. The number of nitrogens with two attached hydrogens (primary N) is 1. The van der Waals surface area contributed by atoms with Gasteiger partial charge in [0.05, 0.1) is 0 Å². The number of thiazole rings is 1. The van der Waals surface area contributed by atoms with Crippen LogP contribution in [0.25, 0.3) is 0 Å². The molecule has 1 saturated heterocycles. The van der Waals surface area contributed by atoms with Crippen LogP contribution >= 0.6 is 46.2 Å². The van der Waals surface area contributed by atoms with Gasteiger partial charge in [-0.3, -0.25) is 44.5 Å². The van der Waals surface area contributed by atoms with Crippen LogP contribution in [-0.2, 0) is 33.6 Å². The summed E-state index contributed by atoms with van der Waals surface area (Å²) < 4.78 is 10.6. The number of carbonyl (C=O) groups is 7. The van der Waals surface area contributed by atoms with Crippen LogP contribution in [0.3, 0.4) is 0 Å². The molecular formula is C28H25N9O11S4. The zero-order chi connectivity index (χ0) is 37.5. The van der Waals surface area contributed by atoms with Crippen molar-refractivity contribution in [3.63, 3.8) is 0 Å². The first-order valence-electron chi connectivity index (χ1n) is 14.4. The first-order chi connectivity index (χ1) is 24.8. The van der Waals surface area contributed by atoms with E-state index < -0.39 is 65.3 Å². The van der Waals surface area contributed by atoms with Gasteiger partial charge in [-0.2, -0.15) is 0 Å². The van der Waals surface area contributed by atoms with Gasteiger partial charge in [-0.1, -0.05) is 28.3 Å². The fourth-order valence-electron chi connectivity index (χ4n) is 4.49. The third-order valence-corrected chi connectivity index (χ3v) is 10.6. The third kappa shape index (κ3) is 9.00. The van der Waals surface area contributed by atoms with Crippen LogP contribution in [0.1, 0.15) is 29.9 Å². The highest BCUT2D eigenvalue weighted by atomic mass is 32.2. The number of oxime groups is 1. The summed E-state index contributed by atoms with van der Waals surface area (Å²) >= 11 is 4.84. The predicted molar refractivity (Wildman–Crippen MR) is 184 cm³/mol. The number of esters is 2. The van der Waals surface area contributed by atoms with Crippen LogP contribution in [0.5, 0.6) is 11.5 Å². The number of nitrogen functional groups attached to an aromatic ring is 1. The van der Waals surface area contributed by atoms with Crippen LogP contribution in [-0.4, -0.2) is 102 Å². The Morgan fingerprint density at radius 2 is 1.85 bits per heavy atom. The Morgan fingerprint density at radius 1 is 1.10 bits per heavy atom. The molecule has 6 N–H and O–H groups in total. The summed E-state index contributed by atoms with van der Waals surface area (Å²) in [5, 5.41) is 24.6. The van der Waals surface area contributed by atoms with Crippen molar-refractivity contribution < 1.29 is 53.0 Å². The van der Waals surface area contributed by atoms with Crippen LogP contribution in [0.2, 0.25) is 0 Å². The number of β-lactam (4-membered cyclic amide) rings is 1. The summed E-state index contributed by atoms with van der Waals surface area (Å²) in [5.74, 6) is -5.83. The monoisotopic (exact) mass is 791 g/mol. The van der Waals surface area contributed by atoms with Crippen molar-refractivity contribution in [1.82, 2.24) is 36.2 Å². The van der Waals surface area contributed by atoms with Crippen molar-refractivity contribution in [2.45, 2.75) is 29.6 Å². The minimum Gasteiger partial charge on any atom is -0.477 e. The van der Waals surface area contributed by atoms with Gasteiger partial charge in [0.15, 0.2) is 33.3 Å². The normalized spacial score (nSPS) is 16.6. The molecular weight excluding hydrogens is 767 g/mol. The maximum Gasteiger partial charge on any atom is 0.352 e. The van der Waals surface area contributed by atoms with Crippen LogP contribution in [0.4, 0.5) is 5.13 Å². The van der Waals surface area contributed by atoms with E-state index in [0.29, 0.717) is 9.91 Å². The Morgan fingerprint density at radius 3 is 2.50 bits per heavy atom. The second kappa shape index (κ2) is 16.6. The number of hydrazine groups is 1. The fourth-order valence-corrected chi connectivity index (χ4v) is 8.01. The van der Waals surface area contributed by atoms with E-state index in [9.17, 15) is 38.7 Å². The zero-order valence-electron chi connectivity index (χ0n) is 26.6. The Bertz CT molecular complexity index is 2000. The standard InChI is InChI=1S/C28H25N9O11S4/c1-11(38)47-16-4-3-13(5-17(16)48-12(2)39)22(41)34-33-18(40)6-46-36-19(15-9-50-27(29)31-15)23(42)32-20-24(43)37-21(26(44)45)14(7-49-25(20)37)8-51-28-35-30-10-52-28/h3-5,9-10,20,25H,6-8H2,1-2H3,(H2,29,31)(H,32,42)(H,33,40)(H,34,41)(H,44,45)/t20?,25-/m0/s1. The number of carboxylic acids is 1. The largest absolute Gasteiger partial charge is 0.477 e. The fraction of sp³-hybridized carbons (Fsp3) is 0.250. The van der Waals surface area contributed by atoms with Gasteiger partial charge in [0.1, 0.15) is 28.3 Å². The lowest BCUT2D eigenvalue weighted by atomic mass is 10.0. The molecule has 0 saturated carbocycles. The molecule has 2 aliphatic heterocycles. The summed E-state index contributed by atoms with van der Waals surface area (Å²) in [6.07, 6.45) is 0. The molecule has 2 aliphatic rings. The Labute approximate surface area is 308 Å². The van der Waals surface area contributed by atoms with E-state index in [4.69, 9.17) is 20.0 Å². The SMILES string of the molecule is CC(=O)Oc1ccc(C(=O)NNC(=O)CON=C(C(=O)NC2C(=O)N3C(C(=O)O)=C(CSc4nncs4)CS[C@@H]23)c2csc(N)n2)cc1OC(C)=O. The Balaban J connectivity index is 1.20. The van der Waals surface area contributed by atoms with Crippen molar-refractivity contribution in [3.05, 3.63) is 51.6 Å². The van der Waals surface area contributed by atoms with E-state index in [1.54, 1.807) is 5.51 Å². The number of nitrogens with one attached hydrogen (secondary N) is 3. The number of aliphatic carboxylic acids is 1. The van der Waals surface area contributed by atoms with Gasteiger partial charge >= 0.3 is 17.9 Å². The van der Waals surface area contributed by atoms with Gasteiger partial charge in [0.25, 0.3) is 23.6 Å². The topological polar surface area (TPSA) is 284 Å². The lowest BCUT2D eigenvalue weighted by Crippen LogP contribution is -2.71. The van der Waals surface area contributed by atoms with E-state index in [1.807, 2.05) is 0 Å². The smallest absolute Gasteiger partial charge is 0.352 e. The van der Waals surface area contributed by atoms with Gasteiger partial charge in [0.2, 0.25) is 0 Å². The first kappa shape index (κ1) is 37.7. The molecule has 0 radical (unpaired) electrons. The lowest BCUT2D eigenvalue weighted by Gasteiger charge is -2.49. The number of hydrogen-bond donors (Lipinski definition) is 5. The van der Waals surface area contributed by atoms with Gasteiger partial charge in [-0.05, 0) is 23.8 Å². The molecule has 20 nitrogen and oxygen atoms in total. The molecule has 2 atom stereocenters. The van der Waals surface area contributed by atoms with Crippen molar-refractivity contribution in [1.29, 1.82) is 0 Å². The van der Waals surface area contributed by atoms with Gasteiger partial charge in [-0.25, -0.2) is 9.78 Å². The summed E-state index contributed by atoms with van der Waals surface area (Å²) in [5.41, 5.74) is 11.3. The van der Waals surface area contributed by atoms with Gasteiger partial charge in [-0.15, -0.1) is 33.3 Å². The molecule has 1 fully saturated rings. The molecule has 3 aromatic rings. The zero-order valence-corrected chi connectivity index (χ0v) is 29.9. The van der Waals surface area contributed by atoms with Crippen molar-refractivity contribution in [2.75, 3.05) is 23.8 Å². The molecule has 24 heteroatoms. The van der Waals surface area contributed by atoms with Gasteiger partial charge in [0, 0.05) is 36.3 Å². The van der Waals surface area contributed by atoms with E-state index >= 15 is 0 Å². The average Bonchev–Trinajstić information content (AvgIpc) is 3.78. The second-order valence-electron chi connectivity index (χ2n) is 10.2. The Hall–Kier alpha value is -5.59. The predicted octanol–water partition coefficient (Wildman–Crippen LogP) is 0.140. The number of aromatic nitrogens is 3. The highest BCUT2D eigenvalue weighted by Crippen LogP contribution is 2.41. The molecule has 1 unspecified atom stereocenters. The number of carbonyl (C=O) groups excluding carboxylic acids is 6. The molecule has 272 valence electrons. The van der Waals surface area contributed by atoms with Crippen molar-refractivity contribution in [3.8, 4) is 11.5 Å². The maximum atomic E-state index is 13.4. The van der Waals surface area contributed by atoms with E-state index in [0.717, 1.165) is 36.2 Å². The van der Waals surface area contributed by atoms with Crippen molar-refractivity contribution >= 4 is 98.6 Å². The number of nitrogens with zero attached hydrogens (tertiary/aromatic N) is 5. The second-order valence-corrected chi connectivity index (χ2v) is 14.3. The molecule has 52 heavy (non-hydrogen) atoms. The number of anilines is 1. The molecule has 0 spiro atoms. The minimum atomic E-state index is -1.29. The number of fused-ring (bicyclic) bond motifs is 1. The van der Waals surface area contributed by atoms with Gasteiger partial charge < -0.3 is 30.5 Å². The lowest BCUT2D eigenvalue weighted by molar-refractivity contribution is -0.150. The molecule has 0 bridgehead atoms. The molecule has 4 amide bonds. The van der Waals surface area contributed by atoms with Crippen LogP contribution in [0, 0.1) is 0 Å². The summed E-state index contributed by atoms with van der Waals surface area (Å²) in [7, 11) is 0. The Kier molecular flexibility index (Phi) is 12.0. The van der Waals surface area contributed by atoms with Crippen LogP contribution < -0.4 is 31.4 Å². The summed E-state index contributed by atoms with van der Waals surface area (Å²) in [6, 6.07) is 2.46. The van der Waals surface area contributed by atoms with E-state index in [-0.39, 0.29) is 45.1 Å². The summed E-state index contributed by atoms with van der Waals surface area (Å²) in [6.45, 7) is 1.44. The number of hydrogen-bond acceptors (Lipinski definition) is 19. The average molecular weight is 792 g/mol. The first-order valence-corrected chi connectivity index (χ1v) is 18.2. The van der Waals surface area contributed by atoms with Crippen molar-refractivity contribution in [2.24, 2.45) is 5.16 Å². The number of benzene rings is 1. The summed E-state index contributed by atoms with van der Waals surface area (Å²) in [4.78, 5) is 96.8. The number of carboxylic acid groups (broad SMARTS) is 1. The molecule has 1 aromatic carbocycles. The maximum absolute atomic E-state index is 13.4.